The largest absolute Gasteiger partial charge is 0.493 e. The Morgan fingerprint density at radius 2 is 1.97 bits per heavy atom. The van der Waals surface area contributed by atoms with Gasteiger partial charge in [-0.2, -0.15) is 0 Å². The second-order valence-electron chi connectivity index (χ2n) is 6.05. The SMILES string of the molecule is CCNC(=O)CN(CC)C(=O)COC(=O)/C=C/c1cc(OC)c2c(c1)OCCO2. The highest BCUT2D eigenvalue weighted by Crippen LogP contribution is 2.40. The molecule has 29 heavy (non-hydrogen) atoms. The fourth-order valence-corrected chi connectivity index (χ4v) is 2.63. The number of amides is 2. The van der Waals surface area contributed by atoms with Gasteiger partial charge in [0.05, 0.1) is 13.7 Å². The van der Waals surface area contributed by atoms with Crippen molar-refractivity contribution in [3.05, 3.63) is 23.8 Å². The molecular formula is C20H26N2O7. The van der Waals surface area contributed by atoms with E-state index in [1.807, 2.05) is 0 Å². The van der Waals surface area contributed by atoms with Crippen molar-refractivity contribution in [2.75, 3.05) is 46.6 Å². The van der Waals surface area contributed by atoms with Crippen LogP contribution in [0.5, 0.6) is 17.2 Å². The first-order valence-electron chi connectivity index (χ1n) is 9.35. The number of nitrogens with one attached hydrogen (secondary N) is 1. The van der Waals surface area contributed by atoms with Crippen molar-refractivity contribution < 1.29 is 33.3 Å². The van der Waals surface area contributed by atoms with Crippen molar-refractivity contribution >= 4 is 23.9 Å². The fraction of sp³-hybridized carbons (Fsp3) is 0.450. The molecule has 0 radical (unpaired) electrons. The molecule has 9 heteroatoms. The topological polar surface area (TPSA) is 103 Å². The lowest BCUT2D eigenvalue weighted by atomic mass is 10.1. The van der Waals surface area contributed by atoms with Gasteiger partial charge in [0.2, 0.25) is 11.7 Å². The molecule has 1 N–H and O–H groups in total. The highest BCUT2D eigenvalue weighted by molar-refractivity contribution is 5.90. The Bertz CT molecular complexity index is 759. The van der Waals surface area contributed by atoms with Gasteiger partial charge >= 0.3 is 5.97 Å². The molecule has 1 aliphatic heterocycles. The number of fused-ring (bicyclic) bond motifs is 1. The van der Waals surface area contributed by atoms with Gasteiger partial charge in [0, 0.05) is 19.2 Å². The van der Waals surface area contributed by atoms with Crippen LogP contribution in [-0.2, 0) is 19.1 Å². The van der Waals surface area contributed by atoms with Gasteiger partial charge in [0.15, 0.2) is 18.1 Å². The molecule has 1 aromatic carbocycles. The summed E-state index contributed by atoms with van der Waals surface area (Å²) in [5.41, 5.74) is 0.654. The normalized spacial score (nSPS) is 12.4. The molecule has 9 nitrogen and oxygen atoms in total. The van der Waals surface area contributed by atoms with Gasteiger partial charge in [-0.1, -0.05) is 0 Å². The third-order valence-electron chi connectivity index (χ3n) is 4.04. The predicted molar refractivity (Wildman–Crippen MR) is 105 cm³/mol. The number of nitrogens with zero attached hydrogens (tertiary/aromatic N) is 1. The quantitative estimate of drug-likeness (QED) is 0.482. The Morgan fingerprint density at radius 3 is 2.66 bits per heavy atom. The maximum atomic E-state index is 12.1. The number of hydrogen-bond acceptors (Lipinski definition) is 7. The third-order valence-corrected chi connectivity index (χ3v) is 4.04. The lowest BCUT2D eigenvalue weighted by Gasteiger charge is -2.21. The van der Waals surface area contributed by atoms with E-state index in [0.29, 0.717) is 49.1 Å². The van der Waals surface area contributed by atoms with Gasteiger partial charge in [-0.05, 0) is 37.6 Å². The van der Waals surface area contributed by atoms with E-state index in [1.165, 1.54) is 24.2 Å². The first-order valence-corrected chi connectivity index (χ1v) is 9.35. The Kier molecular flexibility index (Phi) is 8.32. The van der Waals surface area contributed by atoms with Crippen LogP contribution in [0.25, 0.3) is 6.08 Å². The highest BCUT2D eigenvalue weighted by Gasteiger charge is 2.18. The van der Waals surface area contributed by atoms with Gasteiger partial charge in [-0.3, -0.25) is 9.59 Å². The van der Waals surface area contributed by atoms with E-state index in [4.69, 9.17) is 18.9 Å². The number of carbonyl (C=O) groups excluding carboxylic acids is 3. The summed E-state index contributed by atoms with van der Waals surface area (Å²) in [5.74, 6) is 0.164. The Balaban J connectivity index is 1.92. The van der Waals surface area contributed by atoms with Crippen LogP contribution in [0.4, 0.5) is 0 Å². The van der Waals surface area contributed by atoms with Crippen molar-refractivity contribution in [1.82, 2.24) is 10.2 Å². The molecule has 0 saturated carbocycles. The Hall–Kier alpha value is -3.23. The van der Waals surface area contributed by atoms with Gasteiger partial charge < -0.3 is 29.2 Å². The first-order chi connectivity index (χ1) is 14.0. The molecule has 0 fully saturated rings. The molecule has 0 atom stereocenters. The molecule has 0 aliphatic carbocycles. The van der Waals surface area contributed by atoms with Crippen molar-refractivity contribution in [3.63, 3.8) is 0 Å². The number of hydrogen-bond donors (Lipinski definition) is 1. The maximum Gasteiger partial charge on any atom is 0.331 e. The summed E-state index contributed by atoms with van der Waals surface area (Å²) in [7, 11) is 1.52. The van der Waals surface area contributed by atoms with Crippen molar-refractivity contribution in [2.24, 2.45) is 0 Å². The van der Waals surface area contributed by atoms with E-state index < -0.39 is 18.5 Å². The summed E-state index contributed by atoms with van der Waals surface area (Å²) < 4.78 is 21.3. The molecule has 0 bridgehead atoms. The van der Waals surface area contributed by atoms with E-state index in [9.17, 15) is 14.4 Å². The molecular weight excluding hydrogens is 380 g/mol. The minimum absolute atomic E-state index is 0.0758. The van der Waals surface area contributed by atoms with E-state index in [2.05, 4.69) is 5.32 Å². The van der Waals surface area contributed by atoms with Crippen molar-refractivity contribution in [1.29, 1.82) is 0 Å². The summed E-state index contributed by atoms with van der Waals surface area (Å²) in [4.78, 5) is 37.0. The van der Waals surface area contributed by atoms with E-state index in [0.717, 1.165) is 0 Å². The zero-order valence-electron chi connectivity index (χ0n) is 16.9. The Morgan fingerprint density at radius 1 is 1.21 bits per heavy atom. The number of likely N-dealkylation sites (N-methyl/N-ethyl adjacent to an activating group) is 2. The van der Waals surface area contributed by atoms with Crippen molar-refractivity contribution in [2.45, 2.75) is 13.8 Å². The third kappa shape index (κ3) is 6.41. The molecule has 0 spiro atoms. The van der Waals surface area contributed by atoms with E-state index in [-0.39, 0.29) is 12.5 Å². The van der Waals surface area contributed by atoms with Crippen LogP contribution in [0.2, 0.25) is 0 Å². The first kappa shape index (κ1) is 22.1. The summed E-state index contributed by atoms with van der Waals surface area (Å²) in [6.07, 6.45) is 2.73. The van der Waals surface area contributed by atoms with E-state index >= 15 is 0 Å². The summed E-state index contributed by atoms with van der Waals surface area (Å²) in [5, 5.41) is 2.62. The van der Waals surface area contributed by atoms with E-state index in [1.54, 1.807) is 26.0 Å². The molecule has 2 amide bonds. The summed E-state index contributed by atoms with van der Waals surface area (Å²) >= 11 is 0. The van der Waals surface area contributed by atoms with Gasteiger partial charge in [0.1, 0.15) is 13.2 Å². The monoisotopic (exact) mass is 406 g/mol. The molecule has 0 unspecified atom stereocenters. The molecule has 158 valence electrons. The lowest BCUT2D eigenvalue weighted by molar-refractivity contribution is -0.148. The molecule has 1 aliphatic rings. The van der Waals surface area contributed by atoms with Crippen LogP contribution < -0.4 is 19.5 Å². The van der Waals surface area contributed by atoms with Crippen LogP contribution in [0, 0.1) is 0 Å². The minimum Gasteiger partial charge on any atom is -0.493 e. The highest BCUT2D eigenvalue weighted by atomic mass is 16.6. The molecule has 0 aromatic heterocycles. The van der Waals surface area contributed by atoms with Gasteiger partial charge in [-0.25, -0.2) is 4.79 Å². The zero-order valence-corrected chi connectivity index (χ0v) is 16.9. The summed E-state index contributed by atoms with van der Waals surface area (Å²) in [6, 6.07) is 3.42. The second-order valence-corrected chi connectivity index (χ2v) is 6.05. The average molecular weight is 406 g/mol. The number of benzene rings is 1. The van der Waals surface area contributed by atoms with Crippen molar-refractivity contribution in [3.8, 4) is 17.2 Å². The molecule has 0 saturated heterocycles. The van der Waals surface area contributed by atoms with Gasteiger partial charge in [-0.15, -0.1) is 0 Å². The van der Waals surface area contributed by atoms with Gasteiger partial charge in [0.25, 0.3) is 5.91 Å². The standard InChI is InChI=1S/C20H26N2O7/c1-4-21-17(23)12-22(5-2)18(24)13-29-19(25)7-6-14-10-15(26-3)20-16(11-14)27-8-9-28-20/h6-7,10-11H,4-5,8-9,12-13H2,1-3H3,(H,21,23)/b7-6+. The predicted octanol–water partition coefficient (Wildman–Crippen LogP) is 1.01. The minimum atomic E-state index is -0.679. The smallest absolute Gasteiger partial charge is 0.331 e. The van der Waals surface area contributed by atoms with Crippen LogP contribution in [0.3, 0.4) is 0 Å². The number of esters is 1. The molecule has 2 rings (SSSR count). The average Bonchev–Trinajstić information content (AvgIpc) is 2.73. The second kappa shape index (κ2) is 10.9. The van der Waals surface area contributed by atoms with Crippen LogP contribution >= 0.6 is 0 Å². The number of rotatable bonds is 9. The molecule has 1 aromatic rings. The lowest BCUT2D eigenvalue weighted by Crippen LogP contribution is -2.42. The number of methoxy groups -OCH3 is 1. The van der Waals surface area contributed by atoms with Crippen LogP contribution in [-0.4, -0.2) is 69.2 Å². The summed E-state index contributed by atoms with van der Waals surface area (Å²) in [6.45, 7) is 4.70. The molecule has 1 heterocycles. The van der Waals surface area contributed by atoms with Crippen LogP contribution in [0.15, 0.2) is 18.2 Å². The maximum absolute atomic E-state index is 12.1. The van der Waals surface area contributed by atoms with Crippen LogP contribution in [0.1, 0.15) is 19.4 Å². The fourth-order valence-electron chi connectivity index (χ4n) is 2.63. The zero-order chi connectivity index (χ0) is 21.2. The Labute approximate surface area is 169 Å². The number of ether oxygens (including phenoxy) is 4. The number of carbonyl (C=O) groups is 3.